The van der Waals surface area contributed by atoms with Gasteiger partial charge in [0.25, 0.3) is 5.56 Å². The summed E-state index contributed by atoms with van der Waals surface area (Å²) in [6, 6.07) is 4.42. The summed E-state index contributed by atoms with van der Waals surface area (Å²) < 4.78 is 48.1. The van der Waals surface area contributed by atoms with Crippen LogP contribution >= 0.6 is 0 Å². The zero-order valence-corrected chi connectivity index (χ0v) is 19.9. The summed E-state index contributed by atoms with van der Waals surface area (Å²) in [4.78, 5) is 27.0. The first-order chi connectivity index (χ1) is 16.7. The third-order valence-electron chi connectivity index (χ3n) is 6.42. The predicted octanol–water partition coefficient (Wildman–Crippen LogP) is 1.12. The smallest absolute Gasteiger partial charge is 0.332 e. The number of rotatable bonds is 8. The minimum Gasteiger partial charge on any atom is -0.361 e. The second kappa shape index (κ2) is 8.48. The van der Waals surface area contributed by atoms with Crippen molar-refractivity contribution in [3.05, 3.63) is 74.5 Å². The Labute approximate surface area is 200 Å². The Morgan fingerprint density at radius 2 is 1.94 bits per heavy atom. The second-order valence-electron chi connectivity index (χ2n) is 8.80. The zero-order valence-electron chi connectivity index (χ0n) is 19.0. The lowest BCUT2D eigenvalue weighted by molar-refractivity contribution is 0.395. The van der Waals surface area contributed by atoms with Crippen molar-refractivity contribution in [2.24, 2.45) is 7.05 Å². The third-order valence-corrected chi connectivity index (χ3v) is 7.40. The van der Waals surface area contributed by atoms with Gasteiger partial charge in [-0.3, -0.25) is 22.9 Å². The molecule has 0 unspecified atom stereocenters. The number of nitrogens with zero attached hydrogens (tertiary/aromatic N) is 6. The molecule has 1 aliphatic rings. The Morgan fingerprint density at radius 3 is 2.51 bits per heavy atom. The van der Waals surface area contributed by atoms with Gasteiger partial charge in [-0.25, -0.2) is 17.6 Å². The first kappa shape index (κ1) is 23.0. The van der Waals surface area contributed by atoms with E-state index in [0.29, 0.717) is 35.2 Å². The van der Waals surface area contributed by atoms with E-state index in [9.17, 15) is 22.4 Å². The van der Waals surface area contributed by atoms with Crippen molar-refractivity contribution < 1.29 is 17.3 Å². The molecule has 11 nitrogen and oxygen atoms in total. The molecule has 1 aromatic carbocycles. The van der Waals surface area contributed by atoms with E-state index >= 15 is 0 Å². The second-order valence-corrected chi connectivity index (χ2v) is 9.67. The van der Waals surface area contributed by atoms with Crippen LogP contribution in [-0.4, -0.2) is 44.7 Å². The summed E-state index contributed by atoms with van der Waals surface area (Å²) in [7, 11) is -1.42. The molecular formula is C22H23FN6O5S. The van der Waals surface area contributed by atoms with Gasteiger partial charge in [0, 0.05) is 24.4 Å². The van der Waals surface area contributed by atoms with E-state index in [-0.39, 0.29) is 24.2 Å². The Hall–Kier alpha value is -3.74. The van der Waals surface area contributed by atoms with Crippen LogP contribution in [0.4, 0.5) is 10.1 Å². The summed E-state index contributed by atoms with van der Waals surface area (Å²) >= 11 is 0. The van der Waals surface area contributed by atoms with Crippen LogP contribution in [0.2, 0.25) is 0 Å². The van der Waals surface area contributed by atoms with Gasteiger partial charge in [-0.1, -0.05) is 5.16 Å². The maximum Gasteiger partial charge on any atom is 0.332 e. The molecule has 13 heteroatoms. The Morgan fingerprint density at radius 1 is 1.17 bits per heavy atom. The van der Waals surface area contributed by atoms with Crippen LogP contribution in [0.15, 0.2) is 50.9 Å². The Balaban J connectivity index is 1.73. The number of hydrogen-bond donors (Lipinski definition) is 1. The highest BCUT2D eigenvalue weighted by atomic mass is 32.2. The number of benzene rings is 1. The lowest BCUT2D eigenvalue weighted by atomic mass is 10.1. The van der Waals surface area contributed by atoms with E-state index < -0.39 is 34.4 Å². The molecule has 0 aliphatic heterocycles. The topological polar surface area (TPSA) is 125 Å². The quantitative estimate of drug-likeness (QED) is 0.358. The number of thiol groups is 1. The lowest BCUT2D eigenvalue weighted by Gasteiger charge is -2.26. The molecule has 1 fully saturated rings. The molecule has 1 saturated carbocycles. The molecule has 0 spiro atoms. The van der Waals surface area contributed by atoms with E-state index in [1.165, 1.54) is 29.0 Å². The van der Waals surface area contributed by atoms with Crippen molar-refractivity contribution in [2.45, 2.75) is 38.4 Å². The van der Waals surface area contributed by atoms with Crippen molar-refractivity contribution in [3.63, 3.8) is 0 Å². The van der Waals surface area contributed by atoms with Gasteiger partial charge in [-0.2, -0.15) is 5.10 Å². The van der Waals surface area contributed by atoms with E-state index in [1.54, 1.807) is 31.0 Å². The number of hydrogen-bond acceptors (Lipinski definition) is 7. The fraction of sp³-hybridized carbons (Fsp3) is 0.364. The first-order valence-electron chi connectivity index (χ1n) is 10.9. The van der Waals surface area contributed by atoms with Crippen LogP contribution in [0.3, 0.4) is 0 Å². The highest BCUT2D eigenvalue weighted by molar-refractivity contribution is 7.74. The van der Waals surface area contributed by atoms with Gasteiger partial charge in [-0.05, 0) is 38.0 Å². The maximum absolute atomic E-state index is 13.8. The average Bonchev–Trinajstić information content (AvgIpc) is 3.33. The van der Waals surface area contributed by atoms with Crippen molar-refractivity contribution in [1.29, 1.82) is 0 Å². The van der Waals surface area contributed by atoms with Crippen molar-refractivity contribution in [3.8, 4) is 0 Å². The van der Waals surface area contributed by atoms with Crippen LogP contribution in [0, 0.1) is 6.92 Å². The van der Waals surface area contributed by atoms with Gasteiger partial charge in [0.1, 0.15) is 12.4 Å². The largest absolute Gasteiger partial charge is 0.361 e. The molecule has 1 aliphatic carbocycles. The van der Waals surface area contributed by atoms with Gasteiger partial charge >= 0.3 is 5.69 Å². The molecule has 3 aromatic heterocycles. The van der Waals surface area contributed by atoms with Crippen molar-refractivity contribution in [2.75, 3.05) is 11.0 Å². The average molecular weight is 503 g/mol. The summed E-state index contributed by atoms with van der Waals surface area (Å²) in [6.45, 7) is 0.952. The number of aryl methyl sites for hydroxylation is 2. The molecule has 0 radical (unpaired) electrons. The first-order valence-corrected chi connectivity index (χ1v) is 12.0. The fourth-order valence-electron chi connectivity index (χ4n) is 4.30. The van der Waals surface area contributed by atoms with Crippen LogP contribution in [0.1, 0.15) is 29.7 Å². The number of aromatic nitrogens is 5. The van der Waals surface area contributed by atoms with Crippen LogP contribution in [0.5, 0.6) is 0 Å². The molecule has 3 heterocycles. The predicted molar refractivity (Wildman–Crippen MR) is 126 cm³/mol. The summed E-state index contributed by atoms with van der Waals surface area (Å²) in [5.74, 6) is 0.528. The minimum absolute atomic E-state index is 0.0256. The van der Waals surface area contributed by atoms with Gasteiger partial charge in [-0.15, -0.1) is 0 Å². The van der Waals surface area contributed by atoms with E-state index in [0.717, 1.165) is 8.87 Å². The number of alkyl halides is 1. The molecule has 0 atom stereocenters. The summed E-state index contributed by atoms with van der Waals surface area (Å²) in [5.41, 5.74) is -0.450. The highest BCUT2D eigenvalue weighted by Gasteiger charge is 2.50. The van der Waals surface area contributed by atoms with Gasteiger partial charge in [0.05, 0.1) is 47.6 Å². The molecule has 5 rings (SSSR count). The summed E-state index contributed by atoms with van der Waals surface area (Å²) in [5, 5.41) is 7.99. The number of anilines is 1. The zero-order chi connectivity index (χ0) is 24.9. The SMILES string of the molecule is Cc1oncc1Cn1c(=O)n(Cc2cnn(C)c2)c(=O)c2cc(N([SH](=O)=O)C3(CF)CC3)ccc21. The number of fused-ring (bicyclic) bond motifs is 1. The molecule has 0 bridgehead atoms. The number of halogens is 1. The molecule has 4 aromatic rings. The van der Waals surface area contributed by atoms with Crippen LogP contribution in [-0.2, 0) is 31.0 Å². The van der Waals surface area contributed by atoms with Gasteiger partial charge in [0.15, 0.2) is 0 Å². The van der Waals surface area contributed by atoms with Gasteiger partial charge in [0.2, 0.25) is 10.9 Å². The summed E-state index contributed by atoms with van der Waals surface area (Å²) in [6.07, 6.45) is 5.54. The molecule has 184 valence electrons. The Bertz CT molecular complexity index is 1620. The van der Waals surface area contributed by atoms with Crippen molar-refractivity contribution >= 4 is 27.5 Å². The van der Waals surface area contributed by atoms with E-state index in [1.807, 2.05) is 0 Å². The molecule has 35 heavy (non-hydrogen) atoms. The standard InChI is InChI=1S/C22H23FN6O5S/c1-14-16(9-25-34-14)12-27-19-4-3-17(29(35(32)33)22(13-23)5-6-22)7-18(19)20(30)28(21(27)31)11-15-8-24-26(2)10-15/h3-4,7-10,35H,5-6,11-13H2,1-2H3. The monoisotopic (exact) mass is 502 g/mol. The third kappa shape index (κ3) is 3.95. The Kier molecular flexibility index (Phi) is 5.58. The fourth-order valence-corrected chi connectivity index (χ4v) is 5.21. The molecule has 0 amide bonds. The van der Waals surface area contributed by atoms with E-state index in [4.69, 9.17) is 4.52 Å². The minimum atomic E-state index is -3.15. The van der Waals surface area contributed by atoms with Crippen LogP contribution < -0.4 is 15.6 Å². The lowest BCUT2D eigenvalue weighted by Crippen LogP contribution is -2.41. The maximum atomic E-state index is 13.8. The molecule has 0 saturated heterocycles. The molecule has 0 N–H and O–H groups in total. The van der Waals surface area contributed by atoms with Crippen molar-refractivity contribution in [1.82, 2.24) is 24.1 Å². The van der Waals surface area contributed by atoms with E-state index in [2.05, 4.69) is 10.3 Å². The highest BCUT2D eigenvalue weighted by Crippen LogP contribution is 2.45. The van der Waals surface area contributed by atoms with Gasteiger partial charge < -0.3 is 4.52 Å². The normalized spacial score (nSPS) is 14.6. The van der Waals surface area contributed by atoms with Crippen LogP contribution in [0.25, 0.3) is 10.9 Å². The molecular weight excluding hydrogens is 479 g/mol.